The molecule has 1 aromatic rings. The number of ether oxygens (including phenoxy) is 2. The second-order valence-corrected chi connectivity index (χ2v) is 6.61. The molecule has 2 atom stereocenters. The maximum Gasteiger partial charge on any atom is 0.124 e. The lowest BCUT2D eigenvalue weighted by Gasteiger charge is -2.24. The Morgan fingerprint density at radius 1 is 1.19 bits per heavy atom. The molecule has 0 saturated heterocycles. The van der Waals surface area contributed by atoms with E-state index >= 15 is 0 Å². The Balaban J connectivity index is 2.68. The first-order valence-corrected chi connectivity index (χ1v) is 8.78. The number of hydrogen-bond acceptors (Lipinski definition) is 2. The number of methoxy groups -OCH3 is 1. The second-order valence-electron chi connectivity index (χ2n) is 4.94. The second kappa shape index (κ2) is 8.12. The molecule has 0 spiro atoms. The van der Waals surface area contributed by atoms with Crippen molar-refractivity contribution in [3.05, 3.63) is 28.3 Å². The van der Waals surface area contributed by atoms with Crippen molar-refractivity contribution < 1.29 is 9.47 Å². The van der Waals surface area contributed by atoms with Gasteiger partial charge >= 0.3 is 0 Å². The number of fused-ring (bicyclic) bond motifs is 1. The summed E-state index contributed by atoms with van der Waals surface area (Å²) in [5.41, 5.74) is 4.03. The molecule has 0 saturated carbocycles. The van der Waals surface area contributed by atoms with Crippen molar-refractivity contribution >= 4 is 46.4 Å². The van der Waals surface area contributed by atoms with Gasteiger partial charge in [-0.15, -0.1) is 46.4 Å². The van der Waals surface area contributed by atoms with Gasteiger partial charge in [0, 0.05) is 23.9 Å². The molecule has 1 aliphatic rings. The summed E-state index contributed by atoms with van der Waals surface area (Å²) in [5.74, 6) is 1.29. The Hall–Kier alpha value is 0.140. The summed E-state index contributed by atoms with van der Waals surface area (Å²) in [6.07, 6.45) is 1.90. The zero-order valence-corrected chi connectivity index (χ0v) is 14.8. The summed E-state index contributed by atoms with van der Waals surface area (Å²) in [5, 5.41) is -0.730. The number of halogens is 4. The van der Waals surface area contributed by atoms with Crippen LogP contribution >= 0.6 is 46.4 Å². The van der Waals surface area contributed by atoms with Crippen LogP contribution in [-0.4, -0.2) is 25.5 Å². The van der Waals surface area contributed by atoms with E-state index in [0.717, 1.165) is 41.9 Å². The molecular weight excluding hydrogens is 354 g/mol. The molecule has 0 bridgehead atoms. The minimum atomic E-state index is -0.380. The molecule has 0 fully saturated rings. The van der Waals surface area contributed by atoms with Crippen molar-refractivity contribution in [1.82, 2.24) is 0 Å². The predicted molar refractivity (Wildman–Crippen MR) is 89.6 cm³/mol. The van der Waals surface area contributed by atoms with Crippen LogP contribution in [0.5, 0.6) is 5.75 Å². The van der Waals surface area contributed by atoms with Crippen molar-refractivity contribution in [2.45, 2.75) is 30.2 Å². The summed E-state index contributed by atoms with van der Waals surface area (Å²) in [4.78, 5) is 0. The number of rotatable bonds is 5. The first kappa shape index (κ1) is 17.5. The molecule has 6 heteroatoms. The van der Waals surface area contributed by atoms with Crippen LogP contribution in [0.15, 0.2) is 6.07 Å². The van der Waals surface area contributed by atoms with E-state index in [2.05, 4.69) is 0 Å². The molecule has 21 heavy (non-hydrogen) atoms. The van der Waals surface area contributed by atoms with Gasteiger partial charge in [-0.2, -0.15) is 0 Å². The molecule has 0 aliphatic carbocycles. The Kier molecular flexibility index (Phi) is 6.77. The highest BCUT2D eigenvalue weighted by atomic mass is 35.5. The predicted octanol–water partition coefficient (Wildman–Crippen LogP) is 5.20. The smallest absolute Gasteiger partial charge is 0.124 e. The summed E-state index contributed by atoms with van der Waals surface area (Å²) >= 11 is 24.8. The molecule has 118 valence electrons. The maximum absolute atomic E-state index is 6.47. The van der Waals surface area contributed by atoms with Crippen LogP contribution in [0.4, 0.5) is 0 Å². The highest BCUT2D eigenvalue weighted by Gasteiger charge is 2.28. The number of hydrogen-bond donors (Lipinski definition) is 0. The average molecular weight is 372 g/mol. The highest BCUT2D eigenvalue weighted by molar-refractivity contribution is 6.30. The van der Waals surface area contributed by atoms with Crippen molar-refractivity contribution in [3.63, 3.8) is 0 Å². The zero-order chi connectivity index (χ0) is 15.4. The number of alkyl halides is 4. The fourth-order valence-corrected chi connectivity index (χ4v) is 3.51. The number of benzene rings is 1. The van der Waals surface area contributed by atoms with Crippen molar-refractivity contribution in [2.75, 3.05) is 25.5 Å². The van der Waals surface area contributed by atoms with E-state index in [9.17, 15) is 0 Å². The van der Waals surface area contributed by atoms with E-state index in [1.807, 2.05) is 6.07 Å². The van der Waals surface area contributed by atoms with Gasteiger partial charge in [0.25, 0.3) is 0 Å². The van der Waals surface area contributed by atoms with Crippen molar-refractivity contribution in [2.24, 2.45) is 0 Å². The van der Waals surface area contributed by atoms with Gasteiger partial charge in [0.2, 0.25) is 0 Å². The third-order valence-corrected chi connectivity index (χ3v) is 5.35. The molecule has 1 aromatic carbocycles. The molecule has 1 aliphatic heterocycles. The van der Waals surface area contributed by atoms with E-state index in [1.165, 1.54) is 5.56 Å². The van der Waals surface area contributed by atoms with Gasteiger partial charge in [0.05, 0.1) is 24.5 Å². The fraction of sp³-hybridized carbons (Fsp3) is 0.600. The van der Waals surface area contributed by atoms with Crippen molar-refractivity contribution in [1.29, 1.82) is 0 Å². The fourth-order valence-electron chi connectivity index (χ4n) is 2.73. The monoisotopic (exact) mass is 370 g/mol. The quantitative estimate of drug-likeness (QED) is 0.662. The van der Waals surface area contributed by atoms with E-state index in [4.69, 9.17) is 55.9 Å². The number of aryl methyl sites for hydroxylation is 1. The normalized spacial score (nSPS) is 17.8. The van der Waals surface area contributed by atoms with Gasteiger partial charge in [0.15, 0.2) is 0 Å². The van der Waals surface area contributed by atoms with Crippen LogP contribution < -0.4 is 4.74 Å². The Morgan fingerprint density at radius 3 is 2.48 bits per heavy atom. The van der Waals surface area contributed by atoms with Crippen LogP contribution in [0.2, 0.25) is 0 Å². The third-order valence-electron chi connectivity index (χ3n) is 3.67. The standard InChI is InChI=1S/C15H18Cl4O2/c1-20-13-5-9-3-2-4-21-8-10(9)14(11(18)6-16)15(13)12(19)7-17/h5,11-12H,2-4,6-8H2,1H3. The minimum Gasteiger partial charge on any atom is -0.496 e. The van der Waals surface area contributed by atoms with Gasteiger partial charge in [-0.1, -0.05) is 0 Å². The van der Waals surface area contributed by atoms with Gasteiger partial charge < -0.3 is 9.47 Å². The van der Waals surface area contributed by atoms with Crippen LogP contribution in [-0.2, 0) is 17.8 Å². The molecule has 0 amide bonds. The topological polar surface area (TPSA) is 18.5 Å². The molecule has 0 radical (unpaired) electrons. The lowest BCUT2D eigenvalue weighted by molar-refractivity contribution is 0.124. The van der Waals surface area contributed by atoms with E-state index in [-0.39, 0.29) is 16.6 Å². The molecular formula is C15H18Cl4O2. The van der Waals surface area contributed by atoms with Crippen LogP contribution in [0.3, 0.4) is 0 Å². The van der Waals surface area contributed by atoms with Gasteiger partial charge in [-0.05, 0) is 35.6 Å². The molecule has 2 rings (SSSR count). The van der Waals surface area contributed by atoms with E-state index in [1.54, 1.807) is 7.11 Å². The van der Waals surface area contributed by atoms with Crippen LogP contribution in [0.1, 0.15) is 39.4 Å². The molecule has 0 aromatic heterocycles. The Bertz CT molecular complexity index is 493. The summed E-state index contributed by atoms with van der Waals surface area (Å²) in [7, 11) is 1.63. The van der Waals surface area contributed by atoms with Crippen molar-refractivity contribution in [3.8, 4) is 5.75 Å². The van der Waals surface area contributed by atoms with E-state index in [0.29, 0.717) is 12.5 Å². The lowest BCUT2D eigenvalue weighted by atomic mass is 9.90. The Morgan fingerprint density at radius 2 is 1.86 bits per heavy atom. The minimum absolute atomic E-state index is 0.274. The SMILES string of the molecule is COc1cc2c(c(C(Cl)CCl)c1C(Cl)CCl)COCCC2. The highest BCUT2D eigenvalue weighted by Crippen LogP contribution is 2.43. The average Bonchev–Trinajstić information content (AvgIpc) is 2.76. The van der Waals surface area contributed by atoms with E-state index < -0.39 is 0 Å². The largest absolute Gasteiger partial charge is 0.496 e. The molecule has 1 heterocycles. The molecule has 2 unspecified atom stereocenters. The first-order chi connectivity index (χ1) is 10.1. The van der Waals surface area contributed by atoms with Gasteiger partial charge in [0.1, 0.15) is 5.75 Å². The molecule has 2 nitrogen and oxygen atoms in total. The van der Waals surface area contributed by atoms with Crippen LogP contribution in [0, 0.1) is 0 Å². The first-order valence-electron chi connectivity index (χ1n) is 6.84. The summed E-state index contributed by atoms with van der Waals surface area (Å²) in [6, 6.07) is 2.03. The third kappa shape index (κ3) is 3.73. The van der Waals surface area contributed by atoms with Gasteiger partial charge in [-0.3, -0.25) is 0 Å². The van der Waals surface area contributed by atoms with Crippen LogP contribution in [0.25, 0.3) is 0 Å². The summed E-state index contributed by atoms with van der Waals surface area (Å²) < 4.78 is 11.2. The zero-order valence-electron chi connectivity index (χ0n) is 11.8. The Labute approximate surface area is 145 Å². The lowest BCUT2D eigenvalue weighted by Crippen LogP contribution is -2.11. The maximum atomic E-state index is 6.47. The van der Waals surface area contributed by atoms with Gasteiger partial charge in [-0.25, -0.2) is 0 Å². The summed E-state index contributed by atoms with van der Waals surface area (Å²) in [6.45, 7) is 1.26. The molecule has 0 N–H and O–H groups in total.